The Morgan fingerprint density at radius 1 is 1.37 bits per heavy atom. The van der Waals surface area contributed by atoms with Gasteiger partial charge in [-0.25, -0.2) is 5.01 Å². The molecule has 0 unspecified atom stereocenters. The molecule has 2 rings (SSSR count). The van der Waals surface area contributed by atoms with E-state index in [0.717, 1.165) is 0 Å². The van der Waals surface area contributed by atoms with Crippen LogP contribution >= 0.6 is 11.8 Å². The number of hydrazine groups is 1. The Balaban J connectivity index is 1.77. The molecule has 19 heavy (non-hydrogen) atoms. The lowest BCUT2D eigenvalue weighted by Gasteiger charge is -2.15. The maximum absolute atomic E-state index is 11.6. The average Bonchev–Trinajstić information content (AvgIpc) is 2.82. The molecule has 0 aromatic carbocycles. The summed E-state index contributed by atoms with van der Waals surface area (Å²) in [5.41, 5.74) is 2.86. The smallest absolute Gasteiger partial charge is 0.257 e. The van der Waals surface area contributed by atoms with Crippen LogP contribution in [-0.4, -0.2) is 45.9 Å². The van der Waals surface area contributed by atoms with Gasteiger partial charge in [0.2, 0.25) is 0 Å². The zero-order chi connectivity index (χ0) is 13.7. The summed E-state index contributed by atoms with van der Waals surface area (Å²) in [4.78, 5) is 38.2. The molecule has 7 nitrogen and oxygen atoms in total. The average molecular weight is 280 g/mol. The fourth-order valence-corrected chi connectivity index (χ4v) is 2.24. The minimum absolute atomic E-state index is 0.140. The first-order chi connectivity index (χ1) is 9.16. The molecule has 2 N–H and O–H groups in total. The van der Waals surface area contributed by atoms with Gasteiger partial charge < -0.3 is 5.32 Å². The van der Waals surface area contributed by atoms with Crippen LogP contribution in [0.5, 0.6) is 0 Å². The fourth-order valence-electron chi connectivity index (χ4n) is 1.42. The lowest BCUT2D eigenvalue weighted by atomic mass is 10.2. The lowest BCUT2D eigenvalue weighted by molar-refractivity contribution is -0.137. The number of rotatable bonds is 4. The van der Waals surface area contributed by atoms with Crippen LogP contribution in [0.1, 0.15) is 10.4 Å². The van der Waals surface area contributed by atoms with E-state index in [9.17, 15) is 14.4 Å². The van der Waals surface area contributed by atoms with Gasteiger partial charge in [0.15, 0.2) is 0 Å². The van der Waals surface area contributed by atoms with Crippen LogP contribution < -0.4 is 10.7 Å². The van der Waals surface area contributed by atoms with Crippen LogP contribution in [0, 0.1) is 0 Å². The number of nitrogens with one attached hydrogen (secondary N) is 2. The fraction of sp³-hybridized carbons (Fsp3) is 0.273. The highest BCUT2D eigenvalue weighted by Gasteiger charge is 2.22. The molecule has 3 amide bonds. The van der Waals surface area contributed by atoms with Crippen molar-refractivity contribution in [1.82, 2.24) is 20.7 Å². The van der Waals surface area contributed by atoms with Gasteiger partial charge in [-0.3, -0.25) is 24.8 Å². The molecule has 1 aliphatic rings. The third kappa shape index (κ3) is 3.68. The van der Waals surface area contributed by atoms with E-state index in [0.29, 0.717) is 17.2 Å². The Bertz CT molecular complexity index is 494. The van der Waals surface area contributed by atoms with Crippen LogP contribution in [0.15, 0.2) is 24.5 Å². The molecule has 8 heteroatoms. The highest BCUT2D eigenvalue weighted by Crippen LogP contribution is 2.11. The molecular weight excluding hydrogens is 268 g/mol. The van der Waals surface area contributed by atoms with E-state index in [4.69, 9.17) is 0 Å². The zero-order valence-electron chi connectivity index (χ0n) is 9.96. The summed E-state index contributed by atoms with van der Waals surface area (Å²) < 4.78 is 0. The van der Waals surface area contributed by atoms with Gasteiger partial charge in [0, 0.05) is 18.0 Å². The second-order valence-corrected chi connectivity index (χ2v) is 4.71. The van der Waals surface area contributed by atoms with Crippen molar-refractivity contribution in [2.75, 3.05) is 18.2 Å². The minimum atomic E-state index is -0.432. The van der Waals surface area contributed by atoms with Gasteiger partial charge in [-0.1, -0.05) is 0 Å². The summed E-state index contributed by atoms with van der Waals surface area (Å²) >= 11 is 1.42. The molecule has 0 saturated carbocycles. The van der Waals surface area contributed by atoms with E-state index in [-0.39, 0.29) is 18.4 Å². The van der Waals surface area contributed by atoms with Crippen molar-refractivity contribution in [1.29, 1.82) is 0 Å². The Morgan fingerprint density at radius 3 is 2.74 bits per heavy atom. The number of carbonyl (C=O) groups is 3. The molecule has 2 heterocycles. The van der Waals surface area contributed by atoms with Crippen molar-refractivity contribution in [2.24, 2.45) is 0 Å². The Hall–Kier alpha value is -2.09. The molecule has 0 aliphatic carbocycles. The minimum Gasteiger partial charge on any atom is -0.343 e. The molecule has 1 fully saturated rings. The third-order valence-electron chi connectivity index (χ3n) is 2.36. The maximum Gasteiger partial charge on any atom is 0.257 e. The van der Waals surface area contributed by atoms with E-state index >= 15 is 0 Å². The SMILES string of the molecule is O=C(CNC(=O)c1ccncc1)NN1CSCC1=O. The number of carbonyl (C=O) groups excluding carboxylic acids is 3. The van der Waals surface area contributed by atoms with E-state index in [1.165, 1.54) is 29.2 Å². The van der Waals surface area contributed by atoms with Gasteiger partial charge in [0.1, 0.15) is 0 Å². The number of hydrogen-bond donors (Lipinski definition) is 2. The summed E-state index contributed by atoms with van der Waals surface area (Å²) in [6, 6.07) is 3.10. The van der Waals surface area contributed by atoms with Crippen LogP contribution in [0.4, 0.5) is 0 Å². The molecule has 0 bridgehead atoms. The first-order valence-electron chi connectivity index (χ1n) is 5.52. The normalized spacial score (nSPS) is 14.3. The maximum atomic E-state index is 11.6. The first kappa shape index (κ1) is 13.3. The van der Waals surface area contributed by atoms with Crippen molar-refractivity contribution < 1.29 is 14.4 Å². The van der Waals surface area contributed by atoms with Crippen molar-refractivity contribution in [3.63, 3.8) is 0 Å². The largest absolute Gasteiger partial charge is 0.343 e. The van der Waals surface area contributed by atoms with Gasteiger partial charge >= 0.3 is 0 Å². The van der Waals surface area contributed by atoms with E-state index in [1.807, 2.05) is 0 Å². The zero-order valence-corrected chi connectivity index (χ0v) is 10.8. The highest BCUT2D eigenvalue weighted by molar-refractivity contribution is 8.00. The van der Waals surface area contributed by atoms with Gasteiger partial charge in [-0.2, -0.15) is 0 Å². The first-order valence-corrected chi connectivity index (χ1v) is 6.68. The predicted molar refractivity (Wildman–Crippen MR) is 68.9 cm³/mol. The molecule has 0 spiro atoms. The van der Waals surface area contributed by atoms with E-state index < -0.39 is 5.91 Å². The van der Waals surface area contributed by atoms with Crippen LogP contribution in [0.2, 0.25) is 0 Å². The molecule has 100 valence electrons. The number of aromatic nitrogens is 1. The quantitative estimate of drug-likeness (QED) is 0.766. The van der Waals surface area contributed by atoms with Crippen LogP contribution in [-0.2, 0) is 9.59 Å². The second-order valence-electron chi connectivity index (χ2n) is 3.75. The Kier molecular flexibility index (Phi) is 4.35. The van der Waals surface area contributed by atoms with Crippen molar-refractivity contribution in [3.05, 3.63) is 30.1 Å². The van der Waals surface area contributed by atoms with Gasteiger partial charge in [0.25, 0.3) is 17.7 Å². The number of pyridine rings is 1. The molecular formula is C11H12N4O3S. The molecule has 0 radical (unpaired) electrons. The number of thioether (sulfide) groups is 1. The Morgan fingerprint density at radius 2 is 2.11 bits per heavy atom. The van der Waals surface area contributed by atoms with Crippen LogP contribution in [0.3, 0.4) is 0 Å². The standard InChI is InChI=1S/C11H12N4O3S/c16-9(14-15-7-19-6-10(15)17)5-13-11(18)8-1-3-12-4-2-8/h1-4H,5-7H2,(H,13,18)(H,14,16). The number of amides is 3. The van der Waals surface area contributed by atoms with Gasteiger partial charge in [-0.05, 0) is 12.1 Å². The monoisotopic (exact) mass is 280 g/mol. The molecule has 1 aromatic heterocycles. The molecule has 0 atom stereocenters. The summed E-state index contributed by atoms with van der Waals surface area (Å²) in [6.45, 7) is -0.185. The second kappa shape index (κ2) is 6.19. The van der Waals surface area contributed by atoms with Crippen LogP contribution in [0.25, 0.3) is 0 Å². The summed E-state index contributed by atoms with van der Waals surface area (Å²) in [5, 5.41) is 3.71. The number of nitrogens with zero attached hydrogens (tertiary/aromatic N) is 2. The van der Waals surface area contributed by atoms with Crippen molar-refractivity contribution >= 4 is 29.5 Å². The lowest BCUT2D eigenvalue weighted by Crippen LogP contribution is -2.47. The highest BCUT2D eigenvalue weighted by atomic mass is 32.2. The summed E-state index contributed by atoms with van der Waals surface area (Å²) in [7, 11) is 0. The third-order valence-corrected chi connectivity index (χ3v) is 3.25. The topological polar surface area (TPSA) is 91.4 Å². The Labute approximate surface area is 113 Å². The summed E-state index contributed by atoms with van der Waals surface area (Å²) in [6.07, 6.45) is 2.99. The molecule has 1 aromatic rings. The van der Waals surface area contributed by atoms with Gasteiger partial charge in [-0.15, -0.1) is 11.8 Å². The molecule has 1 aliphatic heterocycles. The molecule has 1 saturated heterocycles. The summed E-state index contributed by atoms with van der Waals surface area (Å²) in [5.74, 6) is -0.135. The van der Waals surface area contributed by atoms with Crippen molar-refractivity contribution in [3.8, 4) is 0 Å². The predicted octanol–water partition coefficient (Wildman–Crippen LogP) is -0.625. The number of hydrogen-bond acceptors (Lipinski definition) is 5. The van der Waals surface area contributed by atoms with Gasteiger partial charge in [0.05, 0.1) is 18.2 Å². The van der Waals surface area contributed by atoms with Crippen molar-refractivity contribution in [2.45, 2.75) is 0 Å². The van der Waals surface area contributed by atoms with E-state index in [2.05, 4.69) is 15.7 Å². The van der Waals surface area contributed by atoms with E-state index in [1.54, 1.807) is 12.1 Å².